The second kappa shape index (κ2) is 3.45. The first-order chi connectivity index (χ1) is 5.77. The van der Waals surface area contributed by atoms with Crippen LogP contribution in [0.5, 0.6) is 0 Å². The van der Waals surface area contributed by atoms with Crippen molar-refractivity contribution >= 4 is 29.1 Å². The summed E-state index contributed by atoms with van der Waals surface area (Å²) in [5.41, 5.74) is 0.754. The predicted molar refractivity (Wildman–Crippen MR) is 50.1 cm³/mol. The Morgan fingerprint density at radius 2 is 2.08 bits per heavy atom. The molecule has 4 nitrogen and oxygen atoms in total. The van der Waals surface area contributed by atoms with E-state index in [-0.39, 0.29) is 18.1 Å². The minimum Gasteiger partial charge on any atom is -0.464 e. The van der Waals surface area contributed by atoms with E-state index in [1.165, 1.54) is 18.4 Å². The number of furan rings is 1. The fraction of sp³-hybridized carbons (Fsp3) is 0. The molecule has 2 rings (SSSR count). The average Bonchev–Trinajstić information content (AvgIpc) is 2.49. The number of nitro benzene ring substituents is 1. The Morgan fingerprint density at radius 1 is 1.31 bits per heavy atom. The van der Waals surface area contributed by atoms with Gasteiger partial charge in [0.05, 0.1) is 11.2 Å². The highest BCUT2D eigenvalue weighted by Gasteiger charge is 2.06. The summed E-state index contributed by atoms with van der Waals surface area (Å²) in [7, 11) is 0. The van der Waals surface area contributed by atoms with E-state index in [0.29, 0.717) is 5.58 Å². The van der Waals surface area contributed by atoms with Crippen LogP contribution < -0.4 is 0 Å². The summed E-state index contributed by atoms with van der Waals surface area (Å²) in [5.74, 6) is 0. The molecule has 1 aromatic heterocycles. The van der Waals surface area contributed by atoms with Crippen LogP contribution in [0.1, 0.15) is 0 Å². The van der Waals surface area contributed by atoms with Crippen molar-refractivity contribution in [2.24, 2.45) is 0 Å². The van der Waals surface area contributed by atoms with Crippen molar-refractivity contribution in [1.82, 2.24) is 0 Å². The summed E-state index contributed by atoms with van der Waals surface area (Å²) >= 11 is 0. The average molecular weight is 200 g/mol. The fourth-order valence-corrected chi connectivity index (χ4v) is 1.07. The summed E-state index contributed by atoms with van der Waals surface area (Å²) in [6.45, 7) is 0. The monoisotopic (exact) mass is 199 g/mol. The smallest absolute Gasteiger partial charge is 0.270 e. The van der Waals surface area contributed by atoms with Gasteiger partial charge in [0, 0.05) is 17.5 Å². The molecule has 1 heterocycles. The number of halogens is 1. The number of hydrogen-bond acceptors (Lipinski definition) is 3. The Kier molecular flexibility index (Phi) is 2.53. The highest BCUT2D eigenvalue weighted by Crippen LogP contribution is 2.20. The van der Waals surface area contributed by atoms with Gasteiger partial charge < -0.3 is 4.42 Å². The molecule has 0 fully saturated rings. The molecule has 0 atom stereocenters. The standard InChI is InChI=1S/C8H5NO3.ClH/c10-9(11)7-1-2-8-6(5-7)3-4-12-8;/h1-5H;1H. The molecule has 0 amide bonds. The van der Waals surface area contributed by atoms with Gasteiger partial charge >= 0.3 is 0 Å². The van der Waals surface area contributed by atoms with Gasteiger partial charge in [-0.05, 0) is 12.1 Å². The van der Waals surface area contributed by atoms with Crippen LogP contribution >= 0.6 is 12.4 Å². The largest absolute Gasteiger partial charge is 0.464 e. The second-order valence-corrected chi connectivity index (χ2v) is 2.40. The van der Waals surface area contributed by atoms with Crippen molar-refractivity contribution in [3.8, 4) is 0 Å². The molecule has 1 aromatic carbocycles. The van der Waals surface area contributed by atoms with Crippen LogP contribution in [0.4, 0.5) is 5.69 Å². The molecular formula is C8H6ClNO3. The number of hydrogen-bond donors (Lipinski definition) is 0. The molecule has 0 radical (unpaired) electrons. The molecule has 0 aliphatic rings. The third-order valence-corrected chi connectivity index (χ3v) is 1.65. The van der Waals surface area contributed by atoms with Crippen LogP contribution in [0.3, 0.4) is 0 Å². The molecule has 68 valence electrons. The third kappa shape index (κ3) is 1.62. The van der Waals surface area contributed by atoms with Gasteiger partial charge in [0.15, 0.2) is 0 Å². The Hall–Kier alpha value is -1.55. The lowest BCUT2D eigenvalue weighted by Crippen LogP contribution is -1.85. The van der Waals surface area contributed by atoms with Gasteiger partial charge in [0.1, 0.15) is 5.58 Å². The molecule has 13 heavy (non-hydrogen) atoms. The van der Waals surface area contributed by atoms with Gasteiger partial charge in [-0.1, -0.05) is 0 Å². The second-order valence-electron chi connectivity index (χ2n) is 2.40. The van der Waals surface area contributed by atoms with E-state index in [4.69, 9.17) is 4.42 Å². The topological polar surface area (TPSA) is 56.3 Å². The number of nitrogens with zero attached hydrogens (tertiary/aromatic N) is 1. The van der Waals surface area contributed by atoms with Crippen molar-refractivity contribution < 1.29 is 9.34 Å². The summed E-state index contributed by atoms with van der Waals surface area (Å²) in [6, 6.07) is 6.19. The zero-order valence-electron chi connectivity index (χ0n) is 6.47. The summed E-state index contributed by atoms with van der Waals surface area (Å²) in [4.78, 5) is 9.92. The number of rotatable bonds is 1. The van der Waals surface area contributed by atoms with Gasteiger partial charge in [-0.25, -0.2) is 0 Å². The molecule has 0 saturated heterocycles. The first-order valence-corrected chi connectivity index (χ1v) is 3.39. The Labute approximate surface area is 79.7 Å². The Balaban J connectivity index is 0.000000845. The van der Waals surface area contributed by atoms with Gasteiger partial charge in [-0.15, -0.1) is 12.4 Å². The Bertz CT molecular complexity index is 438. The SMILES string of the molecule is Cl.O=[N+]([O-])c1ccc2occc2c1. The van der Waals surface area contributed by atoms with Crippen LogP contribution in [-0.2, 0) is 0 Å². The fourth-order valence-electron chi connectivity index (χ4n) is 1.07. The molecule has 0 aliphatic heterocycles. The maximum atomic E-state index is 10.3. The van der Waals surface area contributed by atoms with E-state index in [0.717, 1.165) is 5.39 Å². The number of non-ortho nitro benzene ring substituents is 1. The zero-order valence-corrected chi connectivity index (χ0v) is 7.28. The van der Waals surface area contributed by atoms with E-state index in [9.17, 15) is 10.1 Å². The van der Waals surface area contributed by atoms with E-state index >= 15 is 0 Å². The lowest BCUT2D eigenvalue weighted by molar-refractivity contribution is -0.384. The summed E-state index contributed by atoms with van der Waals surface area (Å²) in [5, 5.41) is 11.1. The van der Waals surface area contributed by atoms with Crippen LogP contribution in [0.25, 0.3) is 11.0 Å². The molecule has 0 aliphatic carbocycles. The van der Waals surface area contributed by atoms with Gasteiger partial charge in [0.2, 0.25) is 0 Å². The van der Waals surface area contributed by atoms with Crippen LogP contribution in [0.15, 0.2) is 34.9 Å². The lowest BCUT2D eigenvalue weighted by Gasteiger charge is -1.89. The highest BCUT2D eigenvalue weighted by molar-refractivity contribution is 5.85. The molecule has 5 heteroatoms. The van der Waals surface area contributed by atoms with Crippen LogP contribution in [-0.4, -0.2) is 4.92 Å². The molecular weight excluding hydrogens is 194 g/mol. The van der Waals surface area contributed by atoms with Crippen molar-refractivity contribution in [3.05, 3.63) is 40.6 Å². The Morgan fingerprint density at radius 3 is 2.77 bits per heavy atom. The first-order valence-electron chi connectivity index (χ1n) is 3.39. The van der Waals surface area contributed by atoms with Gasteiger partial charge in [0.25, 0.3) is 5.69 Å². The van der Waals surface area contributed by atoms with Gasteiger partial charge in [-0.2, -0.15) is 0 Å². The van der Waals surface area contributed by atoms with Crippen LogP contribution in [0.2, 0.25) is 0 Å². The molecule has 0 spiro atoms. The summed E-state index contributed by atoms with van der Waals surface area (Å²) in [6.07, 6.45) is 1.51. The van der Waals surface area contributed by atoms with Crippen molar-refractivity contribution in [2.75, 3.05) is 0 Å². The van der Waals surface area contributed by atoms with Gasteiger partial charge in [-0.3, -0.25) is 10.1 Å². The van der Waals surface area contributed by atoms with Crippen molar-refractivity contribution in [1.29, 1.82) is 0 Å². The molecule has 0 unspecified atom stereocenters. The molecule has 0 saturated carbocycles. The number of fused-ring (bicyclic) bond motifs is 1. The van der Waals surface area contributed by atoms with E-state index in [2.05, 4.69) is 0 Å². The minimum atomic E-state index is -0.424. The maximum absolute atomic E-state index is 10.3. The van der Waals surface area contributed by atoms with E-state index in [1.54, 1.807) is 12.1 Å². The minimum absolute atomic E-state index is 0. The highest BCUT2D eigenvalue weighted by atomic mass is 35.5. The lowest BCUT2D eigenvalue weighted by atomic mass is 10.2. The van der Waals surface area contributed by atoms with Crippen molar-refractivity contribution in [2.45, 2.75) is 0 Å². The molecule has 0 N–H and O–H groups in total. The third-order valence-electron chi connectivity index (χ3n) is 1.65. The van der Waals surface area contributed by atoms with E-state index in [1.807, 2.05) is 0 Å². The molecule has 2 aromatic rings. The molecule has 0 bridgehead atoms. The normalized spacial score (nSPS) is 9.54. The predicted octanol–water partition coefficient (Wildman–Crippen LogP) is 2.76. The summed E-state index contributed by atoms with van der Waals surface area (Å²) < 4.78 is 5.03. The zero-order chi connectivity index (χ0) is 8.55. The number of nitro groups is 1. The first kappa shape index (κ1) is 9.54. The van der Waals surface area contributed by atoms with Crippen LogP contribution in [0, 0.1) is 10.1 Å². The number of benzene rings is 1. The van der Waals surface area contributed by atoms with E-state index < -0.39 is 4.92 Å². The van der Waals surface area contributed by atoms with Crippen molar-refractivity contribution in [3.63, 3.8) is 0 Å². The maximum Gasteiger partial charge on any atom is 0.270 e. The quantitative estimate of drug-likeness (QED) is 0.524.